The Hall–Kier alpha value is -0.630. The van der Waals surface area contributed by atoms with Gasteiger partial charge in [0, 0.05) is 16.9 Å². The first kappa shape index (κ1) is 11.8. The monoisotopic (exact) mass is 394 g/mol. The van der Waals surface area contributed by atoms with Crippen molar-refractivity contribution >= 4 is 55.4 Å². The van der Waals surface area contributed by atoms with Crippen molar-refractivity contribution in [1.29, 1.82) is 0 Å². The third-order valence-corrected chi connectivity index (χ3v) is 3.52. The van der Waals surface area contributed by atoms with Gasteiger partial charge in [0.1, 0.15) is 3.70 Å². The van der Waals surface area contributed by atoms with Crippen molar-refractivity contribution < 1.29 is 9.53 Å². The molecule has 0 atom stereocenters. The average Bonchev–Trinajstić information content (AvgIpc) is 2.52. The molecular formula is C10H8BrIN2O2. The molecule has 0 saturated carbocycles. The molecule has 0 unspecified atom stereocenters. The third kappa shape index (κ3) is 1.84. The molecule has 4 nitrogen and oxygen atoms in total. The predicted octanol–water partition coefficient (Wildman–Crippen LogP) is 2.73. The molecule has 0 N–H and O–H groups in total. The van der Waals surface area contributed by atoms with Crippen LogP contribution in [0.15, 0.2) is 16.6 Å². The molecule has 0 bridgehead atoms. The van der Waals surface area contributed by atoms with E-state index in [0.717, 1.165) is 19.1 Å². The Bertz CT molecular complexity index is 580. The summed E-state index contributed by atoms with van der Waals surface area (Å²) in [6, 6.07) is 3.68. The fraction of sp³-hybridized carbons (Fsp3) is 0.200. The van der Waals surface area contributed by atoms with Crippen LogP contribution in [0.5, 0.6) is 0 Å². The van der Waals surface area contributed by atoms with Crippen molar-refractivity contribution in [2.45, 2.75) is 0 Å². The summed E-state index contributed by atoms with van der Waals surface area (Å²) in [6.45, 7) is 0. The van der Waals surface area contributed by atoms with E-state index in [-0.39, 0.29) is 5.97 Å². The van der Waals surface area contributed by atoms with Crippen molar-refractivity contribution in [3.63, 3.8) is 0 Å². The molecule has 2 aromatic rings. The number of fused-ring (bicyclic) bond motifs is 1. The van der Waals surface area contributed by atoms with Crippen LogP contribution in [-0.4, -0.2) is 22.9 Å². The minimum atomic E-state index is -0.356. The van der Waals surface area contributed by atoms with Crippen LogP contribution in [-0.2, 0) is 11.8 Å². The van der Waals surface area contributed by atoms with E-state index in [4.69, 9.17) is 4.74 Å². The molecule has 0 saturated heterocycles. The Morgan fingerprint density at radius 1 is 1.56 bits per heavy atom. The van der Waals surface area contributed by atoms with Crippen LogP contribution in [0.3, 0.4) is 0 Å². The number of esters is 1. The first-order valence-corrected chi connectivity index (χ1v) is 6.32. The van der Waals surface area contributed by atoms with Gasteiger partial charge in [0.05, 0.1) is 18.2 Å². The van der Waals surface area contributed by atoms with Gasteiger partial charge in [0.15, 0.2) is 0 Å². The van der Waals surface area contributed by atoms with Gasteiger partial charge in [-0.05, 0) is 34.7 Å². The molecule has 0 radical (unpaired) electrons. The number of nitrogens with zero attached hydrogens (tertiary/aromatic N) is 2. The minimum absolute atomic E-state index is 0.356. The molecule has 84 valence electrons. The lowest BCUT2D eigenvalue weighted by atomic mass is 10.1. The fourth-order valence-corrected chi connectivity index (χ4v) is 2.80. The van der Waals surface area contributed by atoms with Gasteiger partial charge < -0.3 is 4.74 Å². The zero-order valence-corrected chi connectivity index (χ0v) is 12.4. The van der Waals surface area contributed by atoms with E-state index in [9.17, 15) is 4.79 Å². The number of carbonyl (C=O) groups is 1. The van der Waals surface area contributed by atoms with Crippen molar-refractivity contribution in [2.24, 2.45) is 7.05 Å². The second-order valence-corrected chi connectivity index (χ2v) is 5.19. The molecular weight excluding hydrogens is 387 g/mol. The predicted molar refractivity (Wildman–Crippen MR) is 72.5 cm³/mol. The lowest BCUT2D eigenvalue weighted by molar-refractivity contribution is 0.0602. The summed E-state index contributed by atoms with van der Waals surface area (Å²) in [5, 5.41) is 5.23. The SMILES string of the molecule is COC(=O)c1cc(Br)cc2c(I)nn(C)c12. The average molecular weight is 395 g/mol. The van der Waals surface area contributed by atoms with E-state index in [0.29, 0.717) is 5.56 Å². The first-order chi connectivity index (χ1) is 7.54. The number of rotatable bonds is 1. The molecule has 2 rings (SSSR count). The standard InChI is InChI=1S/C10H8BrIN2O2/c1-14-8-6(9(12)13-14)3-5(11)4-7(8)10(15)16-2/h3-4H,1-2H3. The van der Waals surface area contributed by atoms with Gasteiger partial charge in [-0.2, -0.15) is 5.10 Å². The van der Waals surface area contributed by atoms with E-state index < -0.39 is 0 Å². The smallest absolute Gasteiger partial charge is 0.340 e. The second-order valence-electron chi connectivity index (χ2n) is 3.26. The van der Waals surface area contributed by atoms with Gasteiger partial charge in [-0.25, -0.2) is 4.79 Å². The summed E-state index contributed by atoms with van der Waals surface area (Å²) in [5.74, 6) is -0.356. The van der Waals surface area contributed by atoms with Crippen molar-refractivity contribution in [1.82, 2.24) is 9.78 Å². The number of aryl methyl sites for hydroxylation is 1. The minimum Gasteiger partial charge on any atom is -0.465 e. The van der Waals surface area contributed by atoms with Crippen molar-refractivity contribution in [3.8, 4) is 0 Å². The quantitative estimate of drug-likeness (QED) is 0.551. The molecule has 1 aromatic carbocycles. The van der Waals surface area contributed by atoms with Crippen LogP contribution in [0, 0.1) is 3.70 Å². The summed E-state index contributed by atoms with van der Waals surface area (Å²) < 4.78 is 8.15. The molecule has 6 heteroatoms. The van der Waals surface area contributed by atoms with Crippen LogP contribution in [0.4, 0.5) is 0 Å². The highest BCUT2D eigenvalue weighted by Gasteiger charge is 2.17. The van der Waals surface area contributed by atoms with E-state index in [1.165, 1.54) is 7.11 Å². The van der Waals surface area contributed by atoms with Crippen molar-refractivity contribution in [2.75, 3.05) is 7.11 Å². The summed E-state index contributed by atoms with van der Waals surface area (Å²) in [5.41, 5.74) is 1.31. The Morgan fingerprint density at radius 3 is 2.88 bits per heavy atom. The van der Waals surface area contributed by atoms with E-state index >= 15 is 0 Å². The summed E-state index contributed by atoms with van der Waals surface area (Å²) >= 11 is 5.52. The van der Waals surface area contributed by atoms with Gasteiger partial charge in [0.25, 0.3) is 0 Å². The molecule has 0 aliphatic rings. The molecule has 0 aliphatic carbocycles. The topological polar surface area (TPSA) is 44.1 Å². The molecule has 0 amide bonds. The number of benzene rings is 1. The van der Waals surface area contributed by atoms with Crippen LogP contribution >= 0.6 is 38.5 Å². The number of ether oxygens (including phenoxy) is 1. The highest BCUT2D eigenvalue weighted by atomic mass is 127. The third-order valence-electron chi connectivity index (χ3n) is 2.26. The van der Waals surface area contributed by atoms with Gasteiger partial charge in [-0.1, -0.05) is 15.9 Å². The normalized spacial score (nSPS) is 10.8. The molecule has 0 fully saturated rings. The van der Waals surface area contributed by atoms with Crippen LogP contribution in [0.2, 0.25) is 0 Å². The van der Waals surface area contributed by atoms with Crippen molar-refractivity contribution in [3.05, 3.63) is 25.9 Å². The van der Waals surface area contributed by atoms with Gasteiger partial charge in [-0.15, -0.1) is 0 Å². The lowest BCUT2D eigenvalue weighted by Gasteiger charge is -2.03. The van der Waals surface area contributed by atoms with Gasteiger partial charge in [0.2, 0.25) is 0 Å². The van der Waals surface area contributed by atoms with Gasteiger partial charge in [-0.3, -0.25) is 4.68 Å². The summed E-state index contributed by atoms with van der Waals surface area (Å²) in [7, 11) is 3.18. The lowest BCUT2D eigenvalue weighted by Crippen LogP contribution is -2.04. The van der Waals surface area contributed by atoms with Crippen LogP contribution in [0.25, 0.3) is 10.9 Å². The summed E-state index contributed by atoms with van der Waals surface area (Å²) in [6.07, 6.45) is 0. The number of hydrogen-bond donors (Lipinski definition) is 0. The molecule has 0 spiro atoms. The molecule has 1 aromatic heterocycles. The largest absolute Gasteiger partial charge is 0.465 e. The number of carbonyl (C=O) groups excluding carboxylic acids is 1. The molecule has 16 heavy (non-hydrogen) atoms. The molecule has 1 heterocycles. The maximum absolute atomic E-state index is 11.7. The highest BCUT2D eigenvalue weighted by Crippen LogP contribution is 2.27. The second kappa shape index (κ2) is 4.33. The number of halogens is 2. The zero-order valence-electron chi connectivity index (χ0n) is 8.62. The highest BCUT2D eigenvalue weighted by molar-refractivity contribution is 14.1. The van der Waals surface area contributed by atoms with Crippen LogP contribution < -0.4 is 0 Å². The zero-order chi connectivity index (χ0) is 11.9. The van der Waals surface area contributed by atoms with Gasteiger partial charge >= 0.3 is 5.97 Å². The number of methoxy groups -OCH3 is 1. The maximum atomic E-state index is 11.7. The number of hydrogen-bond acceptors (Lipinski definition) is 3. The Morgan fingerprint density at radius 2 is 2.25 bits per heavy atom. The first-order valence-electron chi connectivity index (χ1n) is 4.44. The van der Waals surface area contributed by atoms with E-state index in [1.54, 1.807) is 10.7 Å². The molecule has 0 aliphatic heterocycles. The fourth-order valence-electron chi connectivity index (χ4n) is 1.61. The van der Waals surface area contributed by atoms with E-state index in [1.807, 2.05) is 13.1 Å². The summed E-state index contributed by atoms with van der Waals surface area (Å²) in [4.78, 5) is 11.7. The van der Waals surface area contributed by atoms with Crippen LogP contribution in [0.1, 0.15) is 10.4 Å². The maximum Gasteiger partial charge on any atom is 0.340 e. The Labute approximate surface area is 114 Å². The van der Waals surface area contributed by atoms with E-state index in [2.05, 4.69) is 43.6 Å². The Balaban J connectivity index is 2.86. The number of aromatic nitrogens is 2. The Kier molecular flexibility index (Phi) is 3.20.